The van der Waals surface area contributed by atoms with E-state index in [4.69, 9.17) is 0 Å². The van der Waals surface area contributed by atoms with E-state index in [1.807, 2.05) is 0 Å². The maximum absolute atomic E-state index is 13.9. The van der Waals surface area contributed by atoms with Crippen LogP contribution in [0.1, 0.15) is 92.4 Å². The van der Waals surface area contributed by atoms with Crippen LogP contribution in [0.2, 0.25) is 0 Å². The van der Waals surface area contributed by atoms with Gasteiger partial charge in [0.1, 0.15) is 11.6 Å². The number of hydrogen-bond donors (Lipinski definition) is 2. The molecule has 4 aliphatic carbocycles. The average Bonchev–Trinajstić information content (AvgIpc) is 3.07. The maximum atomic E-state index is 13.9. The van der Waals surface area contributed by atoms with Crippen molar-refractivity contribution >= 4 is 17.7 Å². The monoisotopic (exact) mass is 499 g/mol. The van der Waals surface area contributed by atoms with Crippen molar-refractivity contribution in [1.82, 2.24) is 4.90 Å². The molecular formula is C30H45NO5. The van der Waals surface area contributed by atoms with Gasteiger partial charge in [-0.15, -0.1) is 0 Å². The summed E-state index contributed by atoms with van der Waals surface area (Å²) in [6.07, 6.45) is 9.01. The Morgan fingerprint density at radius 2 is 1.78 bits per heavy atom. The molecule has 2 N–H and O–H groups in total. The Hall–Kier alpha value is -1.69. The van der Waals surface area contributed by atoms with Crippen molar-refractivity contribution in [2.75, 3.05) is 13.2 Å². The second kappa shape index (κ2) is 8.41. The van der Waals surface area contributed by atoms with Crippen LogP contribution in [-0.2, 0) is 9.59 Å². The number of aliphatic hydroxyl groups excluding tert-OH is 1. The normalized spacial score (nSPS) is 45.7. The summed E-state index contributed by atoms with van der Waals surface area (Å²) in [5, 5.41) is 20.3. The van der Waals surface area contributed by atoms with E-state index in [1.54, 1.807) is 4.90 Å². The van der Waals surface area contributed by atoms with Crippen LogP contribution in [-0.4, -0.2) is 51.5 Å². The Bertz CT molecular complexity index is 996. The molecule has 0 spiro atoms. The number of amides is 1. The third-order valence-electron chi connectivity index (χ3n) is 12.1. The van der Waals surface area contributed by atoms with Crippen LogP contribution in [0.4, 0.5) is 4.79 Å². The van der Waals surface area contributed by atoms with Crippen molar-refractivity contribution in [3.8, 4) is 0 Å². The summed E-state index contributed by atoms with van der Waals surface area (Å²) >= 11 is 0. The Morgan fingerprint density at radius 3 is 2.36 bits per heavy atom. The summed E-state index contributed by atoms with van der Waals surface area (Å²) in [6, 6.07) is 0. The van der Waals surface area contributed by atoms with Gasteiger partial charge in [0.2, 0.25) is 0 Å². The molecule has 1 aliphatic heterocycles. The Labute approximate surface area is 215 Å². The lowest BCUT2D eigenvalue weighted by atomic mass is 9.42. The number of allylic oxidation sites excluding steroid dienone is 1. The minimum atomic E-state index is -0.843. The van der Waals surface area contributed by atoms with Crippen molar-refractivity contribution in [2.45, 2.75) is 97.9 Å². The molecule has 5 rings (SSSR count). The molecule has 1 amide bonds. The average molecular weight is 500 g/mol. The highest BCUT2D eigenvalue weighted by molar-refractivity contribution is 5.91. The molecule has 1 heterocycles. The van der Waals surface area contributed by atoms with Gasteiger partial charge in [0, 0.05) is 30.2 Å². The van der Waals surface area contributed by atoms with Gasteiger partial charge in [-0.05, 0) is 80.0 Å². The number of ketones is 2. The number of carbonyl (C=O) groups excluding carboxylic acids is 2. The minimum absolute atomic E-state index is 0.0123. The van der Waals surface area contributed by atoms with E-state index >= 15 is 0 Å². The van der Waals surface area contributed by atoms with Crippen LogP contribution in [0.3, 0.4) is 0 Å². The summed E-state index contributed by atoms with van der Waals surface area (Å²) < 4.78 is 0. The zero-order valence-electron chi connectivity index (χ0n) is 22.8. The molecule has 4 saturated carbocycles. The molecule has 5 unspecified atom stereocenters. The van der Waals surface area contributed by atoms with E-state index in [9.17, 15) is 24.6 Å². The molecule has 0 radical (unpaired) electrons. The predicted molar refractivity (Wildman–Crippen MR) is 137 cm³/mol. The highest BCUT2D eigenvalue weighted by Gasteiger charge is 2.65. The molecular weight excluding hydrogens is 454 g/mol. The molecule has 36 heavy (non-hydrogen) atoms. The fourth-order valence-electron chi connectivity index (χ4n) is 9.58. The van der Waals surface area contributed by atoms with Gasteiger partial charge in [-0.3, -0.25) is 9.59 Å². The van der Waals surface area contributed by atoms with Crippen LogP contribution in [0.15, 0.2) is 11.6 Å². The van der Waals surface area contributed by atoms with Gasteiger partial charge in [0.05, 0.1) is 12.1 Å². The first-order chi connectivity index (χ1) is 16.8. The Balaban J connectivity index is 1.41. The van der Waals surface area contributed by atoms with Crippen molar-refractivity contribution in [2.24, 2.45) is 45.8 Å². The lowest BCUT2D eigenvalue weighted by Crippen LogP contribution is -2.67. The first-order valence-corrected chi connectivity index (χ1v) is 14.2. The van der Waals surface area contributed by atoms with E-state index < -0.39 is 6.09 Å². The summed E-state index contributed by atoms with van der Waals surface area (Å²) in [5.41, 5.74) is 0.388. The highest BCUT2D eigenvalue weighted by Crippen LogP contribution is 2.66. The molecule has 5 aliphatic rings. The summed E-state index contributed by atoms with van der Waals surface area (Å²) in [5.74, 6) is 0.612. The smallest absolute Gasteiger partial charge is 0.407 e. The third kappa shape index (κ3) is 3.41. The lowest BCUT2D eigenvalue weighted by Gasteiger charge is -2.61. The Morgan fingerprint density at radius 1 is 1.06 bits per heavy atom. The summed E-state index contributed by atoms with van der Waals surface area (Å²) in [6.45, 7) is 11.3. The van der Waals surface area contributed by atoms with E-state index in [1.165, 1.54) is 5.57 Å². The van der Waals surface area contributed by atoms with Crippen LogP contribution < -0.4 is 0 Å². The SMILES string of the molecule is CC(C)(C)C1(CC=C2CC[C@]3(C)C4CC[C@]5(C)C(=O)CCC5C4C(=O)[C@H](CO)C3C2)CCN1C(=O)O. The van der Waals surface area contributed by atoms with E-state index in [0.717, 1.165) is 44.9 Å². The zero-order valence-corrected chi connectivity index (χ0v) is 22.8. The van der Waals surface area contributed by atoms with Crippen LogP contribution in [0.25, 0.3) is 0 Å². The number of nitrogens with zero attached hydrogens (tertiary/aromatic N) is 1. The fraction of sp³-hybridized carbons (Fsp3) is 0.833. The molecule has 6 nitrogen and oxygen atoms in total. The first-order valence-electron chi connectivity index (χ1n) is 14.2. The summed E-state index contributed by atoms with van der Waals surface area (Å²) in [7, 11) is 0. The molecule has 8 atom stereocenters. The van der Waals surface area contributed by atoms with Crippen LogP contribution in [0.5, 0.6) is 0 Å². The first kappa shape index (κ1) is 25.9. The van der Waals surface area contributed by atoms with Crippen molar-refractivity contribution < 1.29 is 24.6 Å². The largest absolute Gasteiger partial charge is 0.465 e. The fourth-order valence-corrected chi connectivity index (χ4v) is 9.58. The van der Waals surface area contributed by atoms with Crippen molar-refractivity contribution in [3.05, 3.63) is 11.6 Å². The maximum Gasteiger partial charge on any atom is 0.407 e. The molecule has 0 aromatic carbocycles. The number of rotatable bonds is 3. The molecule has 0 bridgehead atoms. The van der Waals surface area contributed by atoms with Crippen LogP contribution >= 0.6 is 0 Å². The van der Waals surface area contributed by atoms with Crippen molar-refractivity contribution in [1.29, 1.82) is 0 Å². The number of carboxylic acid groups (broad SMARTS) is 1. The van der Waals surface area contributed by atoms with E-state index in [0.29, 0.717) is 31.1 Å². The van der Waals surface area contributed by atoms with Crippen LogP contribution in [0, 0.1) is 45.8 Å². The van der Waals surface area contributed by atoms with Gasteiger partial charge in [0.25, 0.3) is 0 Å². The van der Waals surface area contributed by atoms with Gasteiger partial charge >= 0.3 is 6.09 Å². The molecule has 6 heteroatoms. The molecule has 0 aromatic heterocycles. The number of fused-ring (bicyclic) bond motifs is 5. The highest BCUT2D eigenvalue weighted by atomic mass is 16.4. The quantitative estimate of drug-likeness (QED) is 0.501. The minimum Gasteiger partial charge on any atom is -0.465 e. The van der Waals surface area contributed by atoms with Gasteiger partial charge in [-0.25, -0.2) is 4.79 Å². The van der Waals surface area contributed by atoms with Crippen molar-refractivity contribution in [3.63, 3.8) is 0 Å². The summed E-state index contributed by atoms with van der Waals surface area (Å²) in [4.78, 5) is 40.3. The number of likely N-dealkylation sites (tertiary alicyclic amines) is 1. The topological polar surface area (TPSA) is 94.9 Å². The third-order valence-corrected chi connectivity index (χ3v) is 12.1. The molecule has 5 fully saturated rings. The lowest BCUT2D eigenvalue weighted by molar-refractivity contribution is -0.167. The number of Topliss-reactive ketones (excluding diaryl/α,β-unsaturated/α-hetero) is 2. The second-order valence-corrected chi connectivity index (χ2v) is 14.2. The van der Waals surface area contributed by atoms with E-state index in [2.05, 4.69) is 40.7 Å². The molecule has 1 saturated heterocycles. The number of aliphatic hydroxyl groups is 1. The predicted octanol–water partition coefficient (Wildman–Crippen LogP) is 5.48. The van der Waals surface area contributed by atoms with Gasteiger partial charge in [-0.2, -0.15) is 0 Å². The standard InChI is InChI=1S/C30H45NO5/c1-27(2,3)30(14-15-31(30)26(35)36)13-9-18-8-11-28(4)21-10-12-29(5)20(6-7-23(29)33)24(21)25(34)19(17-32)22(28)16-18/h9,19-22,24,32H,6-8,10-17H2,1-5H3,(H,35,36)/t19-,20?,21?,22?,24?,28-,29+,30?/m1/s1. The molecule has 200 valence electrons. The number of hydrogen-bond acceptors (Lipinski definition) is 4. The molecule has 0 aromatic rings. The van der Waals surface area contributed by atoms with E-state index in [-0.39, 0.29) is 57.8 Å². The van der Waals surface area contributed by atoms with Gasteiger partial charge in [0.15, 0.2) is 0 Å². The van der Waals surface area contributed by atoms with Gasteiger partial charge in [-0.1, -0.05) is 46.3 Å². The van der Waals surface area contributed by atoms with Gasteiger partial charge < -0.3 is 15.1 Å². The number of carbonyl (C=O) groups is 3. The zero-order chi connectivity index (χ0) is 26.3. The Kier molecular flexibility index (Phi) is 6.06. The second-order valence-electron chi connectivity index (χ2n) is 14.2.